The Bertz CT molecular complexity index is 969. The molecule has 0 amide bonds. The Morgan fingerprint density at radius 1 is 1.30 bits per heavy atom. The Balaban J connectivity index is 1.90. The van der Waals surface area contributed by atoms with Crippen LogP contribution in [-0.2, 0) is 17.6 Å². The molecule has 27 heavy (non-hydrogen) atoms. The molecule has 140 valence electrons. The first kappa shape index (κ1) is 17.5. The highest BCUT2D eigenvalue weighted by Gasteiger charge is 2.25. The van der Waals surface area contributed by atoms with Crippen LogP contribution in [0, 0.1) is 5.82 Å². The number of rotatable bonds is 3. The lowest BCUT2D eigenvalue weighted by molar-refractivity contribution is 0.0735. The molecule has 3 aromatic rings. The molecule has 0 saturated heterocycles. The standard InChI is InChI=1S/C20H21FN4O2/c1-12-9-17-15(7-8-27-12)20(13-3-6-19(22)23-11-13)24-25(17)14-4-5-16(21)18(10-14)26-2/h3-6,10-12H,7-9H2,1-2H3,(H2,22,23)/t12-/m1/s1. The first-order valence-electron chi connectivity index (χ1n) is 8.85. The number of fused-ring (bicyclic) bond motifs is 1. The van der Waals surface area contributed by atoms with E-state index in [0.29, 0.717) is 18.8 Å². The molecule has 1 atom stereocenters. The normalized spacial score (nSPS) is 16.6. The Morgan fingerprint density at radius 3 is 2.89 bits per heavy atom. The molecule has 3 heterocycles. The molecule has 0 bridgehead atoms. The fraction of sp³-hybridized carbons (Fsp3) is 0.300. The number of aromatic nitrogens is 3. The zero-order valence-corrected chi connectivity index (χ0v) is 15.3. The van der Waals surface area contributed by atoms with E-state index in [1.165, 1.54) is 13.2 Å². The first-order chi connectivity index (χ1) is 13.1. The SMILES string of the molecule is COc1cc(-n2nc(-c3ccc(N)nc3)c3c2C[C@@H](C)OCC3)ccc1F. The van der Waals surface area contributed by atoms with Gasteiger partial charge in [-0.2, -0.15) is 5.10 Å². The zero-order chi connectivity index (χ0) is 19.0. The summed E-state index contributed by atoms with van der Waals surface area (Å²) in [5.41, 5.74) is 10.4. The third kappa shape index (κ3) is 3.26. The minimum atomic E-state index is -0.404. The van der Waals surface area contributed by atoms with E-state index in [-0.39, 0.29) is 11.9 Å². The number of methoxy groups -OCH3 is 1. The summed E-state index contributed by atoms with van der Waals surface area (Å²) in [5, 5.41) is 4.85. The number of hydrogen-bond donors (Lipinski definition) is 1. The monoisotopic (exact) mass is 368 g/mol. The van der Waals surface area contributed by atoms with E-state index in [2.05, 4.69) is 4.98 Å². The molecule has 7 heteroatoms. The number of nitrogens with zero attached hydrogens (tertiary/aromatic N) is 3. The number of nitrogen functional groups attached to an aromatic ring is 1. The second-order valence-corrected chi connectivity index (χ2v) is 6.61. The second-order valence-electron chi connectivity index (χ2n) is 6.61. The molecule has 0 saturated carbocycles. The van der Waals surface area contributed by atoms with Crippen molar-refractivity contribution in [3.05, 3.63) is 53.6 Å². The van der Waals surface area contributed by atoms with Crippen molar-refractivity contribution in [2.75, 3.05) is 19.5 Å². The Labute approximate surface area is 156 Å². The van der Waals surface area contributed by atoms with Crippen LogP contribution < -0.4 is 10.5 Å². The molecule has 0 fully saturated rings. The van der Waals surface area contributed by atoms with E-state index in [4.69, 9.17) is 20.3 Å². The summed E-state index contributed by atoms with van der Waals surface area (Å²) in [4.78, 5) is 4.19. The van der Waals surface area contributed by atoms with Gasteiger partial charge in [-0.3, -0.25) is 0 Å². The molecular weight excluding hydrogens is 347 g/mol. The summed E-state index contributed by atoms with van der Waals surface area (Å²) in [6.07, 6.45) is 3.26. The lowest BCUT2D eigenvalue weighted by Gasteiger charge is -2.12. The fourth-order valence-corrected chi connectivity index (χ4v) is 3.42. The summed E-state index contributed by atoms with van der Waals surface area (Å²) in [6.45, 7) is 2.67. The van der Waals surface area contributed by atoms with Crippen molar-refractivity contribution in [2.45, 2.75) is 25.9 Å². The lowest BCUT2D eigenvalue weighted by Crippen LogP contribution is -2.13. The van der Waals surface area contributed by atoms with E-state index < -0.39 is 5.82 Å². The van der Waals surface area contributed by atoms with Crippen molar-refractivity contribution in [2.24, 2.45) is 0 Å². The fourth-order valence-electron chi connectivity index (χ4n) is 3.42. The predicted molar refractivity (Wildman–Crippen MR) is 101 cm³/mol. The van der Waals surface area contributed by atoms with Gasteiger partial charge in [0.1, 0.15) is 5.82 Å². The van der Waals surface area contributed by atoms with Gasteiger partial charge in [0, 0.05) is 29.8 Å². The number of anilines is 1. The highest BCUT2D eigenvalue weighted by Crippen LogP contribution is 2.32. The molecule has 6 nitrogen and oxygen atoms in total. The maximum absolute atomic E-state index is 13.9. The van der Waals surface area contributed by atoms with Crippen LogP contribution in [-0.4, -0.2) is 34.6 Å². The molecule has 0 unspecified atom stereocenters. The summed E-state index contributed by atoms with van der Waals surface area (Å²) in [7, 11) is 1.45. The Kier molecular flexibility index (Phi) is 4.53. The van der Waals surface area contributed by atoms with Crippen molar-refractivity contribution in [3.63, 3.8) is 0 Å². The molecule has 0 radical (unpaired) electrons. The number of halogens is 1. The molecule has 2 aromatic heterocycles. The molecule has 0 spiro atoms. The Morgan fingerprint density at radius 2 is 2.15 bits per heavy atom. The van der Waals surface area contributed by atoms with Gasteiger partial charge in [0.2, 0.25) is 0 Å². The highest BCUT2D eigenvalue weighted by molar-refractivity contribution is 5.65. The third-order valence-corrected chi connectivity index (χ3v) is 4.76. The van der Waals surface area contributed by atoms with Crippen LogP contribution in [0.1, 0.15) is 18.2 Å². The van der Waals surface area contributed by atoms with E-state index in [1.807, 2.05) is 17.7 Å². The van der Waals surface area contributed by atoms with Gasteiger partial charge in [0.15, 0.2) is 11.6 Å². The zero-order valence-electron chi connectivity index (χ0n) is 15.3. The summed E-state index contributed by atoms with van der Waals surface area (Å²) in [5.74, 6) is 0.244. The van der Waals surface area contributed by atoms with Crippen LogP contribution in [0.25, 0.3) is 16.9 Å². The molecule has 2 N–H and O–H groups in total. The van der Waals surface area contributed by atoms with Crippen LogP contribution in [0.2, 0.25) is 0 Å². The van der Waals surface area contributed by atoms with Crippen LogP contribution in [0.5, 0.6) is 5.75 Å². The first-order valence-corrected chi connectivity index (χ1v) is 8.85. The summed E-state index contributed by atoms with van der Waals surface area (Å²) < 4.78 is 26.7. The summed E-state index contributed by atoms with van der Waals surface area (Å²) in [6, 6.07) is 8.42. The van der Waals surface area contributed by atoms with Gasteiger partial charge in [-0.15, -0.1) is 0 Å². The maximum Gasteiger partial charge on any atom is 0.165 e. The molecule has 4 rings (SSSR count). The van der Waals surface area contributed by atoms with Crippen molar-refractivity contribution in [1.82, 2.24) is 14.8 Å². The quantitative estimate of drug-likeness (QED) is 0.769. The summed E-state index contributed by atoms with van der Waals surface area (Å²) >= 11 is 0. The second kappa shape index (κ2) is 7.00. The van der Waals surface area contributed by atoms with Crippen molar-refractivity contribution < 1.29 is 13.9 Å². The number of benzene rings is 1. The van der Waals surface area contributed by atoms with Gasteiger partial charge in [-0.05, 0) is 37.6 Å². The highest BCUT2D eigenvalue weighted by atomic mass is 19.1. The average Bonchev–Trinajstić information content (AvgIpc) is 2.89. The smallest absolute Gasteiger partial charge is 0.165 e. The van der Waals surface area contributed by atoms with Gasteiger partial charge in [0.05, 0.1) is 36.9 Å². The third-order valence-electron chi connectivity index (χ3n) is 4.76. The molecule has 1 aliphatic heterocycles. The van der Waals surface area contributed by atoms with Crippen LogP contribution in [0.15, 0.2) is 36.5 Å². The minimum absolute atomic E-state index is 0.0708. The van der Waals surface area contributed by atoms with Crippen molar-refractivity contribution in [3.8, 4) is 22.7 Å². The largest absolute Gasteiger partial charge is 0.494 e. The average molecular weight is 368 g/mol. The number of nitrogens with two attached hydrogens (primary N) is 1. The van der Waals surface area contributed by atoms with Crippen LogP contribution in [0.4, 0.5) is 10.2 Å². The topological polar surface area (TPSA) is 75.2 Å². The molecular formula is C20H21FN4O2. The van der Waals surface area contributed by atoms with Crippen LogP contribution >= 0.6 is 0 Å². The van der Waals surface area contributed by atoms with E-state index in [0.717, 1.165) is 34.6 Å². The molecule has 1 aliphatic rings. The maximum atomic E-state index is 13.9. The lowest BCUT2D eigenvalue weighted by atomic mass is 10.0. The van der Waals surface area contributed by atoms with E-state index >= 15 is 0 Å². The number of ether oxygens (including phenoxy) is 2. The van der Waals surface area contributed by atoms with Gasteiger partial charge in [-0.1, -0.05) is 0 Å². The van der Waals surface area contributed by atoms with Gasteiger partial charge in [-0.25, -0.2) is 14.1 Å². The number of pyridine rings is 1. The predicted octanol–water partition coefficient (Wildman–Crippen LogP) is 3.17. The van der Waals surface area contributed by atoms with E-state index in [9.17, 15) is 4.39 Å². The molecule has 0 aliphatic carbocycles. The van der Waals surface area contributed by atoms with Crippen molar-refractivity contribution >= 4 is 5.82 Å². The van der Waals surface area contributed by atoms with Gasteiger partial charge >= 0.3 is 0 Å². The van der Waals surface area contributed by atoms with E-state index in [1.54, 1.807) is 24.4 Å². The molecule has 1 aromatic carbocycles. The minimum Gasteiger partial charge on any atom is -0.494 e. The van der Waals surface area contributed by atoms with Crippen molar-refractivity contribution in [1.29, 1.82) is 0 Å². The van der Waals surface area contributed by atoms with Gasteiger partial charge < -0.3 is 15.2 Å². The van der Waals surface area contributed by atoms with Gasteiger partial charge in [0.25, 0.3) is 0 Å². The van der Waals surface area contributed by atoms with Crippen LogP contribution in [0.3, 0.4) is 0 Å². The Hall–Kier alpha value is -2.93. The number of hydrogen-bond acceptors (Lipinski definition) is 5.